The number of aliphatic carboxylic acids is 1. The molecule has 6 nitrogen and oxygen atoms in total. The molecule has 1 fully saturated rings. The highest BCUT2D eigenvalue weighted by Gasteiger charge is 2.37. The van der Waals surface area contributed by atoms with Crippen LogP contribution in [0.5, 0.6) is 5.75 Å². The molecule has 0 saturated carbocycles. The van der Waals surface area contributed by atoms with Gasteiger partial charge in [-0.05, 0) is 36.0 Å². The van der Waals surface area contributed by atoms with Crippen LogP contribution >= 0.6 is 11.3 Å². The number of halogens is 2. The predicted octanol–water partition coefficient (Wildman–Crippen LogP) is 5.23. The fraction of sp³-hybridized carbons (Fsp3) is 0.478. The SMILES string of the molecule is CC(C)(C)[C@@H]1C[C@@H](C(=O)O)CN(Cc2ccc(-c3cn4nccc4cc3OC(F)F)s2)C1. The summed E-state index contributed by atoms with van der Waals surface area (Å²) in [5.74, 6) is -0.749. The Hall–Kier alpha value is -2.52. The van der Waals surface area contributed by atoms with Gasteiger partial charge in [0, 0.05) is 47.8 Å². The first-order valence-electron chi connectivity index (χ1n) is 10.6. The molecule has 0 radical (unpaired) electrons. The number of ether oxygens (including phenoxy) is 1. The van der Waals surface area contributed by atoms with E-state index < -0.39 is 12.6 Å². The lowest BCUT2D eigenvalue weighted by molar-refractivity contribution is -0.145. The van der Waals surface area contributed by atoms with E-state index in [2.05, 4.69) is 30.8 Å². The van der Waals surface area contributed by atoms with Gasteiger partial charge < -0.3 is 9.84 Å². The molecule has 172 valence electrons. The Labute approximate surface area is 189 Å². The number of thiophene rings is 1. The zero-order valence-corrected chi connectivity index (χ0v) is 19.1. The average Bonchev–Trinajstić information content (AvgIpc) is 3.34. The first-order valence-corrected chi connectivity index (χ1v) is 11.4. The minimum absolute atomic E-state index is 0.0215. The van der Waals surface area contributed by atoms with Crippen molar-refractivity contribution in [2.75, 3.05) is 13.1 Å². The fourth-order valence-electron chi connectivity index (χ4n) is 4.28. The lowest BCUT2D eigenvalue weighted by atomic mass is 9.73. The topological polar surface area (TPSA) is 67.1 Å². The van der Waals surface area contributed by atoms with Crippen LogP contribution in [0, 0.1) is 17.3 Å². The van der Waals surface area contributed by atoms with Crippen molar-refractivity contribution in [2.45, 2.75) is 40.3 Å². The number of carboxylic acids is 1. The highest BCUT2D eigenvalue weighted by atomic mass is 32.1. The highest BCUT2D eigenvalue weighted by Crippen LogP contribution is 2.39. The maximum absolute atomic E-state index is 13.0. The molecule has 1 saturated heterocycles. The Morgan fingerprint density at radius 2 is 2.09 bits per heavy atom. The van der Waals surface area contributed by atoms with Gasteiger partial charge in [-0.25, -0.2) is 4.52 Å². The number of carbonyl (C=O) groups is 1. The van der Waals surface area contributed by atoms with Crippen LogP contribution in [0.3, 0.4) is 0 Å². The van der Waals surface area contributed by atoms with Crippen molar-refractivity contribution in [2.24, 2.45) is 17.3 Å². The number of piperidine rings is 1. The van der Waals surface area contributed by atoms with Crippen LogP contribution in [-0.2, 0) is 11.3 Å². The summed E-state index contributed by atoms with van der Waals surface area (Å²) >= 11 is 1.50. The maximum atomic E-state index is 13.0. The fourth-order valence-corrected chi connectivity index (χ4v) is 5.34. The second-order valence-corrected chi connectivity index (χ2v) is 10.6. The van der Waals surface area contributed by atoms with Crippen LogP contribution in [-0.4, -0.2) is 45.3 Å². The van der Waals surface area contributed by atoms with Gasteiger partial charge in [0.25, 0.3) is 0 Å². The maximum Gasteiger partial charge on any atom is 0.387 e. The molecule has 0 bridgehead atoms. The van der Waals surface area contributed by atoms with E-state index in [1.165, 1.54) is 11.3 Å². The van der Waals surface area contributed by atoms with Gasteiger partial charge in [-0.1, -0.05) is 20.8 Å². The van der Waals surface area contributed by atoms with Crippen molar-refractivity contribution in [1.82, 2.24) is 14.5 Å². The van der Waals surface area contributed by atoms with Crippen molar-refractivity contribution in [3.05, 3.63) is 41.5 Å². The number of hydrogen-bond donors (Lipinski definition) is 1. The number of alkyl halides is 2. The van der Waals surface area contributed by atoms with Gasteiger partial charge in [-0.2, -0.15) is 13.9 Å². The molecule has 1 aliphatic rings. The quantitative estimate of drug-likeness (QED) is 0.542. The van der Waals surface area contributed by atoms with Gasteiger partial charge in [-0.3, -0.25) is 9.69 Å². The molecular formula is C23H27F2N3O3S. The Morgan fingerprint density at radius 3 is 2.78 bits per heavy atom. The van der Waals surface area contributed by atoms with Crippen molar-refractivity contribution >= 4 is 22.8 Å². The zero-order valence-electron chi connectivity index (χ0n) is 18.3. The Kier molecular flexibility index (Phi) is 6.22. The number of aromatic nitrogens is 2. The summed E-state index contributed by atoms with van der Waals surface area (Å²) in [4.78, 5) is 15.8. The molecule has 9 heteroatoms. The molecule has 2 atom stereocenters. The van der Waals surface area contributed by atoms with Crippen LogP contribution in [0.4, 0.5) is 8.78 Å². The van der Waals surface area contributed by atoms with Crippen LogP contribution < -0.4 is 4.74 Å². The van der Waals surface area contributed by atoms with E-state index in [1.54, 1.807) is 29.0 Å². The lowest BCUT2D eigenvalue weighted by Crippen LogP contribution is -2.46. The molecule has 1 N–H and O–H groups in total. The van der Waals surface area contributed by atoms with Gasteiger partial charge >= 0.3 is 12.6 Å². The van der Waals surface area contributed by atoms with Crippen LogP contribution in [0.15, 0.2) is 36.7 Å². The lowest BCUT2D eigenvalue weighted by Gasteiger charge is -2.42. The van der Waals surface area contributed by atoms with Gasteiger partial charge in [-0.15, -0.1) is 11.3 Å². The summed E-state index contributed by atoms with van der Waals surface area (Å²) in [5.41, 5.74) is 1.24. The van der Waals surface area contributed by atoms with Crippen molar-refractivity contribution in [3.8, 4) is 16.2 Å². The van der Waals surface area contributed by atoms with Crippen LogP contribution in [0.25, 0.3) is 16.0 Å². The summed E-state index contributed by atoms with van der Waals surface area (Å²) in [6.07, 6.45) is 3.98. The molecule has 3 aromatic heterocycles. The van der Waals surface area contributed by atoms with Crippen LogP contribution in [0.2, 0.25) is 0 Å². The summed E-state index contributed by atoms with van der Waals surface area (Å²) in [6, 6.07) is 7.14. The van der Waals surface area contributed by atoms with Gasteiger partial charge in [0.15, 0.2) is 0 Å². The largest absolute Gasteiger partial charge is 0.481 e. The summed E-state index contributed by atoms with van der Waals surface area (Å²) in [6.45, 7) is 5.50. The van der Waals surface area contributed by atoms with Crippen molar-refractivity contribution < 1.29 is 23.4 Å². The number of fused-ring (bicyclic) bond motifs is 1. The molecule has 32 heavy (non-hydrogen) atoms. The van der Waals surface area contributed by atoms with E-state index in [9.17, 15) is 18.7 Å². The summed E-state index contributed by atoms with van der Waals surface area (Å²) < 4.78 is 32.4. The molecule has 3 aromatic rings. The average molecular weight is 464 g/mol. The summed E-state index contributed by atoms with van der Waals surface area (Å²) in [5, 5.41) is 13.8. The first kappa shape index (κ1) is 22.7. The third kappa shape index (κ3) is 4.94. The van der Waals surface area contributed by atoms with Crippen molar-refractivity contribution in [3.63, 3.8) is 0 Å². The predicted molar refractivity (Wildman–Crippen MR) is 119 cm³/mol. The molecule has 0 spiro atoms. The Balaban J connectivity index is 1.58. The third-order valence-corrected chi connectivity index (χ3v) is 7.22. The smallest absolute Gasteiger partial charge is 0.387 e. The minimum Gasteiger partial charge on any atom is -0.481 e. The number of carboxylic acid groups (broad SMARTS) is 1. The monoisotopic (exact) mass is 463 g/mol. The Morgan fingerprint density at radius 1 is 1.31 bits per heavy atom. The first-order chi connectivity index (χ1) is 15.1. The summed E-state index contributed by atoms with van der Waals surface area (Å²) in [7, 11) is 0. The third-order valence-electron chi connectivity index (χ3n) is 6.12. The number of likely N-dealkylation sites (tertiary alicyclic amines) is 1. The molecule has 4 heterocycles. The number of rotatable bonds is 6. The Bertz CT molecular complexity index is 1110. The van der Waals surface area contributed by atoms with Gasteiger partial charge in [0.2, 0.25) is 0 Å². The van der Waals surface area contributed by atoms with Crippen LogP contribution in [0.1, 0.15) is 32.1 Å². The molecule has 0 amide bonds. The normalized spacial score (nSPS) is 20.2. The van der Waals surface area contributed by atoms with E-state index in [1.807, 2.05) is 12.1 Å². The second kappa shape index (κ2) is 8.78. The van der Waals surface area contributed by atoms with Crippen molar-refractivity contribution in [1.29, 1.82) is 0 Å². The molecular weight excluding hydrogens is 436 g/mol. The van der Waals surface area contributed by atoms with E-state index in [0.717, 1.165) is 16.3 Å². The highest BCUT2D eigenvalue weighted by molar-refractivity contribution is 7.15. The molecule has 0 aromatic carbocycles. The van der Waals surface area contributed by atoms with Gasteiger partial charge in [0.1, 0.15) is 5.75 Å². The number of pyridine rings is 1. The molecule has 4 rings (SSSR count). The molecule has 0 aliphatic carbocycles. The molecule has 1 aliphatic heterocycles. The van der Waals surface area contributed by atoms with E-state index in [0.29, 0.717) is 30.6 Å². The number of hydrogen-bond acceptors (Lipinski definition) is 5. The zero-order chi connectivity index (χ0) is 23.0. The van der Waals surface area contributed by atoms with E-state index in [4.69, 9.17) is 4.74 Å². The second-order valence-electron chi connectivity index (χ2n) is 9.42. The van der Waals surface area contributed by atoms with E-state index >= 15 is 0 Å². The van der Waals surface area contributed by atoms with Gasteiger partial charge in [0.05, 0.1) is 17.0 Å². The molecule has 0 unspecified atom stereocenters. The number of nitrogens with zero attached hydrogens (tertiary/aromatic N) is 3. The standard InChI is InChI=1S/C23H27F2N3O3S/c1-23(2,3)15-8-14(21(29)30)10-27(11-15)12-17-4-5-20(32-17)18-13-28-16(6-7-26-28)9-19(18)31-22(24)25/h4-7,9,13-15,22H,8,10-12H2,1-3H3,(H,29,30)/t14-,15-/m1/s1. The van der Waals surface area contributed by atoms with E-state index in [-0.39, 0.29) is 23.0 Å². The minimum atomic E-state index is -2.92.